The van der Waals surface area contributed by atoms with E-state index in [1.54, 1.807) is 38.1 Å². The average molecular weight is 763 g/mol. The molecule has 5 N–H and O–H groups in total. The normalized spacial score (nSPS) is 28.9. The Kier molecular flexibility index (Phi) is 15.8. The molecule has 0 aromatic heterocycles. The summed E-state index contributed by atoms with van der Waals surface area (Å²) in [4.78, 5) is 68.7. The molecule has 1 saturated heterocycles. The highest BCUT2D eigenvalue weighted by atomic mass is 16.6. The molecule has 1 aliphatic carbocycles. The number of ketones is 2. The van der Waals surface area contributed by atoms with Crippen molar-refractivity contribution in [1.82, 2.24) is 15.5 Å². The van der Waals surface area contributed by atoms with Crippen LogP contribution in [0.4, 0.5) is 4.79 Å². The monoisotopic (exact) mass is 762 g/mol. The zero-order valence-electron chi connectivity index (χ0n) is 32.5. The summed E-state index contributed by atoms with van der Waals surface area (Å²) in [6, 6.07) is 7.11. The minimum Gasteiger partial charge on any atom is -0.439 e. The first-order chi connectivity index (χ1) is 26.2. The van der Waals surface area contributed by atoms with Crippen LogP contribution >= 0.6 is 0 Å². The zero-order valence-corrected chi connectivity index (χ0v) is 32.5. The van der Waals surface area contributed by atoms with E-state index in [9.17, 15) is 29.1 Å². The summed E-state index contributed by atoms with van der Waals surface area (Å²) < 4.78 is 22.1. The van der Waals surface area contributed by atoms with Gasteiger partial charge in [-0.05, 0) is 62.3 Å². The predicted octanol–water partition coefficient (Wildman–Crippen LogP) is 3.07. The standard InChI is InChI=1S/C41H54N4O10/c1-24-20-30-35(44-40(50)29-12-10-28(11-13-29)14-15-45-16-18-54-19-17-45)32(46)23-31(37(30)48)43-39(49)25(2)8-7-9-33(52-5)38(55-41(42)51)27(4)22-26(3)36(47)34(21-24)53-6/h7-13,22-24,26,33-34,36,38,47H,14-21H2,1-6H3,(H2,42,51)(H,43,49)(H,44,50)/b9-7-,25-8+,27-22+/t24-,26+,33+,34+,36-,38-/m1/s1. The van der Waals surface area contributed by atoms with Gasteiger partial charge in [0, 0.05) is 62.6 Å². The molecular weight excluding hydrogens is 708 g/mol. The van der Waals surface area contributed by atoms with Crippen molar-refractivity contribution in [3.8, 4) is 0 Å². The van der Waals surface area contributed by atoms with Crippen LogP contribution in [0.25, 0.3) is 0 Å². The third-order valence-electron chi connectivity index (χ3n) is 10.1. The number of carbonyl (C=O) groups excluding carboxylic acids is 5. The first-order valence-corrected chi connectivity index (χ1v) is 18.5. The number of nitrogens with two attached hydrogens (primary N) is 1. The number of rotatable bonds is 8. The number of allylic oxidation sites excluding steroid dienone is 4. The Bertz CT molecular complexity index is 1740. The van der Waals surface area contributed by atoms with Gasteiger partial charge in [0.2, 0.25) is 11.6 Å². The number of carbonyl (C=O) groups is 5. The van der Waals surface area contributed by atoms with Crippen molar-refractivity contribution < 1.29 is 48.0 Å². The Morgan fingerprint density at radius 2 is 1.75 bits per heavy atom. The maximum absolute atomic E-state index is 14.0. The number of fused-ring (bicyclic) bond motifs is 2. The molecule has 3 aliphatic rings. The molecular formula is C41H54N4O10. The number of amides is 3. The van der Waals surface area contributed by atoms with Crippen molar-refractivity contribution in [2.45, 2.75) is 71.4 Å². The topological polar surface area (TPSA) is 196 Å². The van der Waals surface area contributed by atoms with Gasteiger partial charge in [-0.1, -0.05) is 50.3 Å². The van der Waals surface area contributed by atoms with E-state index in [2.05, 4.69) is 15.5 Å². The third-order valence-corrected chi connectivity index (χ3v) is 10.1. The fraction of sp³-hybridized carbons (Fsp3) is 0.488. The lowest BCUT2D eigenvalue weighted by atomic mass is 9.85. The molecule has 0 saturated carbocycles. The number of benzene rings is 1. The van der Waals surface area contributed by atoms with Gasteiger partial charge in [-0.15, -0.1) is 0 Å². The maximum Gasteiger partial charge on any atom is 0.405 e. The fourth-order valence-corrected chi connectivity index (χ4v) is 6.84. The van der Waals surface area contributed by atoms with E-state index in [1.807, 2.05) is 19.1 Å². The molecule has 1 aromatic rings. The second kappa shape index (κ2) is 20.3. The fourth-order valence-electron chi connectivity index (χ4n) is 6.84. The minimum atomic E-state index is -1.04. The van der Waals surface area contributed by atoms with E-state index < -0.39 is 59.8 Å². The lowest BCUT2D eigenvalue weighted by Gasteiger charge is -2.30. The quantitative estimate of drug-likeness (QED) is 0.225. The van der Waals surface area contributed by atoms with Crippen molar-refractivity contribution in [3.05, 3.63) is 93.9 Å². The minimum absolute atomic E-state index is 0.0192. The van der Waals surface area contributed by atoms with E-state index in [1.165, 1.54) is 33.3 Å². The number of hydrogen-bond acceptors (Lipinski definition) is 11. The summed E-state index contributed by atoms with van der Waals surface area (Å²) in [7, 11) is 2.88. The lowest BCUT2D eigenvalue weighted by Crippen LogP contribution is -2.38. The summed E-state index contributed by atoms with van der Waals surface area (Å²) in [6.07, 6.45) is 3.84. The Morgan fingerprint density at radius 1 is 1.05 bits per heavy atom. The molecule has 55 heavy (non-hydrogen) atoms. The van der Waals surface area contributed by atoms with Crippen molar-refractivity contribution in [1.29, 1.82) is 0 Å². The van der Waals surface area contributed by atoms with Crippen molar-refractivity contribution in [2.24, 2.45) is 17.6 Å². The molecule has 14 nitrogen and oxygen atoms in total. The number of nitrogens with zero attached hydrogens (tertiary/aromatic N) is 1. The summed E-state index contributed by atoms with van der Waals surface area (Å²) >= 11 is 0. The van der Waals surface area contributed by atoms with Gasteiger partial charge in [-0.25, -0.2) is 4.79 Å². The number of ether oxygens (including phenoxy) is 4. The van der Waals surface area contributed by atoms with Gasteiger partial charge < -0.3 is 40.4 Å². The Balaban J connectivity index is 1.65. The first kappa shape index (κ1) is 43.0. The average Bonchev–Trinajstić information content (AvgIpc) is 3.16. The van der Waals surface area contributed by atoms with Gasteiger partial charge in [-0.2, -0.15) is 0 Å². The summed E-state index contributed by atoms with van der Waals surface area (Å²) in [5, 5.41) is 16.7. The van der Waals surface area contributed by atoms with Gasteiger partial charge in [0.15, 0.2) is 6.10 Å². The lowest BCUT2D eigenvalue weighted by molar-refractivity contribution is -0.120. The third kappa shape index (κ3) is 11.9. The van der Waals surface area contributed by atoms with Gasteiger partial charge in [0.25, 0.3) is 11.8 Å². The predicted molar refractivity (Wildman–Crippen MR) is 204 cm³/mol. The van der Waals surface area contributed by atoms with Crippen LogP contribution in [0.15, 0.2) is 82.8 Å². The smallest absolute Gasteiger partial charge is 0.405 e. The van der Waals surface area contributed by atoms with E-state index in [0.717, 1.165) is 37.7 Å². The van der Waals surface area contributed by atoms with Crippen LogP contribution in [0, 0.1) is 11.8 Å². The molecule has 4 rings (SSSR count). The van der Waals surface area contributed by atoms with Crippen LogP contribution in [0.2, 0.25) is 0 Å². The number of Topliss-reactive ketones (excluding diaryl/α,β-unsaturated/α-hetero) is 1. The molecule has 2 heterocycles. The number of morpholine rings is 1. The molecule has 1 fully saturated rings. The highest BCUT2D eigenvalue weighted by molar-refractivity contribution is 6.24. The van der Waals surface area contributed by atoms with E-state index in [0.29, 0.717) is 24.4 Å². The van der Waals surface area contributed by atoms with E-state index in [-0.39, 0.29) is 41.3 Å². The van der Waals surface area contributed by atoms with Crippen LogP contribution < -0.4 is 16.4 Å². The van der Waals surface area contributed by atoms with Gasteiger partial charge in [0.05, 0.1) is 36.8 Å². The zero-order chi connectivity index (χ0) is 40.2. The van der Waals surface area contributed by atoms with Gasteiger partial charge >= 0.3 is 6.09 Å². The maximum atomic E-state index is 14.0. The molecule has 2 bridgehead atoms. The molecule has 2 aliphatic heterocycles. The van der Waals surface area contributed by atoms with Crippen LogP contribution in [-0.4, -0.2) is 111 Å². The second-order valence-electron chi connectivity index (χ2n) is 14.3. The Hall–Kier alpha value is -4.73. The van der Waals surface area contributed by atoms with Crippen LogP contribution in [0.5, 0.6) is 0 Å². The highest BCUT2D eigenvalue weighted by Gasteiger charge is 2.34. The molecule has 0 unspecified atom stereocenters. The molecule has 1 aromatic carbocycles. The number of aliphatic hydroxyl groups is 1. The van der Waals surface area contributed by atoms with E-state index >= 15 is 0 Å². The molecule has 3 amide bonds. The Labute approximate surface area is 322 Å². The van der Waals surface area contributed by atoms with Crippen molar-refractivity contribution in [3.63, 3.8) is 0 Å². The van der Waals surface area contributed by atoms with Crippen LogP contribution in [-0.2, 0) is 39.8 Å². The Morgan fingerprint density at radius 3 is 2.38 bits per heavy atom. The number of nitrogens with one attached hydrogen (secondary N) is 2. The molecule has 14 heteroatoms. The highest BCUT2D eigenvalue weighted by Crippen LogP contribution is 2.29. The number of methoxy groups -OCH3 is 2. The van der Waals surface area contributed by atoms with Crippen molar-refractivity contribution in [2.75, 3.05) is 47.1 Å². The molecule has 6 atom stereocenters. The number of hydrogen-bond donors (Lipinski definition) is 4. The second-order valence-corrected chi connectivity index (χ2v) is 14.3. The van der Waals surface area contributed by atoms with Gasteiger partial charge in [-0.3, -0.25) is 24.1 Å². The molecule has 0 radical (unpaired) electrons. The summed E-state index contributed by atoms with van der Waals surface area (Å²) in [5.41, 5.74) is 7.10. The summed E-state index contributed by atoms with van der Waals surface area (Å²) in [5.74, 6) is -3.34. The van der Waals surface area contributed by atoms with E-state index in [4.69, 9.17) is 24.7 Å². The molecule has 298 valence electrons. The first-order valence-electron chi connectivity index (χ1n) is 18.5. The summed E-state index contributed by atoms with van der Waals surface area (Å²) in [6.45, 7) is 10.9. The molecule has 0 spiro atoms. The largest absolute Gasteiger partial charge is 0.439 e. The van der Waals surface area contributed by atoms with Crippen LogP contribution in [0.1, 0.15) is 56.5 Å². The van der Waals surface area contributed by atoms with Crippen LogP contribution in [0.3, 0.4) is 0 Å². The van der Waals surface area contributed by atoms with Crippen molar-refractivity contribution >= 4 is 29.5 Å². The SMILES string of the molecule is CO[C@H]1/C=C\C=C(/C)C(=O)NC2=CC(=O)C(NC(=O)c3ccc(CCN4CCOCC4)cc3)=C(C[C@@H](C)C[C@H](OC)[C@H](O)[C@@H](C)/C=C(\C)[C@H]1OC(N)=O)C2=O. The van der Waals surface area contributed by atoms with Gasteiger partial charge in [0.1, 0.15) is 6.10 Å². The number of primary amides is 1. The number of aliphatic hydroxyl groups excluding tert-OH is 1.